The monoisotopic (exact) mass is 182 g/mol. The molecule has 72 valence electrons. The molecule has 0 unspecified atom stereocenters. The summed E-state index contributed by atoms with van der Waals surface area (Å²) < 4.78 is 5.30. The molecule has 0 radical (unpaired) electrons. The van der Waals surface area contributed by atoms with Crippen LogP contribution in [0.25, 0.3) is 0 Å². The number of phenols is 1. The number of rotatable bonds is 4. The smallest absolute Gasteiger partial charge is 0.126 e. The van der Waals surface area contributed by atoms with Crippen molar-refractivity contribution in [1.29, 1.82) is 0 Å². The van der Waals surface area contributed by atoms with Gasteiger partial charge < -0.3 is 14.9 Å². The number of phenolic OH excluding ortho intramolecular Hbond substituents is 1. The first-order valence-corrected chi connectivity index (χ1v) is 4.34. The van der Waals surface area contributed by atoms with Gasteiger partial charge in [-0.15, -0.1) is 0 Å². The van der Waals surface area contributed by atoms with E-state index in [4.69, 9.17) is 9.84 Å². The van der Waals surface area contributed by atoms with Gasteiger partial charge in [0, 0.05) is 18.6 Å². The molecule has 0 bridgehead atoms. The van der Waals surface area contributed by atoms with Gasteiger partial charge in [0.25, 0.3) is 0 Å². The molecule has 1 rings (SSSR count). The summed E-state index contributed by atoms with van der Waals surface area (Å²) in [5.74, 6) is 0.830. The second-order valence-electron chi connectivity index (χ2n) is 2.66. The molecule has 1 aromatic rings. The normalized spacial score (nSPS) is 10.0. The Morgan fingerprint density at radius 2 is 2.15 bits per heavy atom. The Labute approximate surface area is 77.6 Å². The Morgan fingerprint density at radius 1 is 1.38 bits per heavy atom. The summed E-state index contributed by atoms with van der Waals surface area (Å²) >= 11 is 0. The number of ether oxygens (including phenoxy) is 1. The minimum Gasteiger partial charge on any atom is -0.508 e. The Hall–Kier alpha value is -1.22. The maximum Gasteiger partial charge on any atom is 0.126 e. The summed E-state index contributed by atoms with van der Waals surface area (Å²) in [6.45, 7) is 2.45. The Balaban J connectivity index is 2.95. The molecule has 0 aliphatic rings. The summed E-state index contributed by atoms with van der Waals surface area (Å²) in [5.41, 5.74) is 0.673. The van der Waals surface area contributed by atoms with Gasteiger partial charge in [-0.2, -0.15) is 0 Å². The van der Waals surface area contributed by atoms with Crippen molar-refractivity contribution in [2.24, 2.45) is 0 Å². The lowest BCUT2D eigenvalue weighted by Crippen LogP contribution is -1.99. The third kappa shape index (κ3) is 2.36. The maximum atomic E-state index is 9.46. The van der Waals surface area contributed by atoms with Gasteiger partial charge in [0.2, 0.25) is 0 Å². The molecule has 0 atom stereocenters. The molecule has 13 heavy (non-hydrogen) atoms. The minimum atomic E-state index is 0.0116. The highest BCUT2D eigenvalue weighted by Crippen LogP contribution is 2.27. The maximum absolute atomic E-state index is 9.46. The highest BCUT2D eigenvalue weighted by atomic mass is 16.5. The van der Waals surface area contributed by atoms with E-state index in [1.807, 2.05) is 6.92 Å². The molecule has 0 heterocycles. The van der Waals surface area contributed by atoms with Crippen LogP contribution in [-0.4, -0.2) is 23.4 Å². The van der Waals surface area contributed by atoms with Crippen LogP contribution in [0, 0.1) is 0 Å². The Kier molecular flexibility index (Phi) is 3.58. The fourth-order valence-corrected chi connectivity index (χ4v) is 1.21. The highest BCUT2D eigenvalue weighted by Gasteiger charge is 2.07. The molecule has 0 fully saturated rings. The fraction of sp³-hybridized carbons (Fsp3) is 0.400. The van der Waals surface area contributed by atoms with Crippen molar-refractivity contribution in [2.45, 2.75) is 13.3 Å². The van der Waals surface area contributed by atoms with Gasteiger partial charge in [-0.1, -0.05) is 6.07 Å². The second kappa shape index (κ2) is 4.72. The summed E-state index contributed by atoms with van der Waals surface area (Å²) in [6.07, 6.45) is 0.419. The van der Waals surface area contributed by atoms with Crippen LogP contribution in [0.3, 0.4) is 0 Å². The van der Waals surface area contributed by atoms with Crippen LogP contribution in [0.5, 0.6) is 11.5 Å². The summed E-state index contributed by atoms with van der Waals surface area (Å²) in [5, 5.41) is 18.2. The predicted molar refractivity (Wildman–Crippen MR) is 50.1 cm³/mol. The number of benzene rings is 1. The SMILES string of the molecule is CCOc1cccc(O)c1CCO. The van der Waals surface area contributed by atoms with E-state index in [-0.39, 0.29) is 12.4 Å². The molecule has 0 aliphatic carbocycles. The van der Waals surface area contributed by atoms with Crippen LogP contribution in [-0.2, 0) is 6.42 Å². The van der Waals surface area contributed by atoms with Gasteiger partial charge >= 0.3 is 0 Å². The molecule has 0 aromatic heterocycles. The first-order chi connectivity index (χ1) is 6.29. The first-order valence-electron chi connectivity index (χ1n) is 4.34. The van der Waals surface area contributed by atoms with Gasteiger partial charge in [-0.05, 0) is 19.1 Å². The van der Waals surface area contributed by atoms with Gasteiger partial charge in [-0.25, -0.2) is 0 Å². The van der Waals surface area contributed by atoms with Crippen molar-refractivity contribution in [3.63, 3.8) is 0 Å². The molecule has 0 saturated heterocycles. The van der Waals surface area contributed by atoms with E-state index in [0.29, 0.717) is 24.3 Å². The van der Waals surface area contributed by atoms with Crippen LogP contribution >= 0.6 is 0 Å². The van der Waals surface area contributed by atoms with E-state index in [1.54, 1.807) is 18.2 Å². The van der Waals surface area contributed by atoms with E-state index >= 15 is 0 Å². The highest BCUT2D eigenvalue weighted by molar-refractivity contribution is 5.43. The van der Waals surface area contributed by atoms with E-state index in [2.05, 4.69) is 0 Å². The fourth-order valence-electron chi connectivity index (χ4n) is 1.21. The predicted octanol–water partition coefficient (Wildman–Crippen LogP) is 1.33. The average Bonchev–Trinajstić information content (AvgIpc) is 2.11. The topological polar surface area (TPSA) is 49.7 Å². The van der Waals surface area contributed by atoms with Gasteiger partial charge in [0.05, 0.1) is 6.61 Å². The molecule has 3 nitrogen and oxygen atoms in total. The van der Waals surface area contributed by atoms with E-state index in [9.17, 15) is 5.11 Å². The molecular weight excluding hydrogens is 168 g/mol. The lowest BCUT2D eigenvalue weighted by Gasteiger charge is -2.10. The molecule has 2 N–H and O–H groups in total. The lowest BCUT2D eigenvalue weighted by atomic mass is 10.1. The van der Waals surface area contributed by atoms with Crippen LogP contribution in [0.15, 0.2) is 18.2 Å². The number of aromatic hydroxyl groups is 1. The zero-order valence-electron chi connectivity index (χ0n) is 7.66. The van der Waals surface area contributed by atoms with E-state index in [1.165, 1.54) is 0 Å². The lowest BCUT2D eigenvalue weighted by molar-refractivity contribution is 0.289. The summed E-state index contributed by atoms with van der Waals surface area (Å²) in [6, 6.07) is 5.10. The van der Waals surface area contributed by atoms with Crippen LogP contribution in [0.4, 0.5) is 0 Å². The van der Waals surface area contributed by atoms with Crippen LogP contribution in [0.1, 0.15) is 12.5 Å². The zero-order chi connectivity index (χ0) is 9.68. The average molecular weight is 182 g/mol. The molecule has 0 amide bonds. The summed E-state index contributed by atoms with van der Waals surface area (Å²) in [4.78, 5) is 0. The third-order valence-electron chi connectivity index (χ3n) is 1.77. The van der Waals surface area contributed by atoms with Crippen molar-refractivity contribution < 1.29 is 14.9 Å². The minimum absolute atomic E-state index is 0.0116. The van der Waals surface area contributed by atoms with Crippen LogP contribution in [0.2, 0.25) is 0 Å². The summed E-state index contributed by atoms with van der Waals surface area (Å²) in [7, 11) is 0. The molecule has 0 aliphatic heterocycles. The van der Waals surface area contributed by atoms with Gasteiger partial charge in [0.15, 0.2) is 0 Å². The largest absolute Gasteiger partial charge is 0.508 e. The molecule has 1 aromatic carbocycles. The van der Waals surface area contributed by atoms with Crippen molar-refractivity contribution in [1.82, 2.24) is 0 Å². The Bertz CT molecular complexity index is 271. The second-order valence-corrected chi connectivity index (χ2v) is 2.66. The number of hydrogen-bond donors (Lipinski definition) is 2. The Morgan fingerprint density at radius 3 is 2.77 bits per heavy atom. The van der Waals surface area contributed by atoms with E-state index < -0.39 is 0 Å². The number of aliphatic hydroxyl groups is 1. The van der Waals surface area contributed by atoms with Crippen molar-refractivity contribution in [3.05, 3.63) is 23.8 Å². The van der Waals surface area contributed by atoms with Crippen LogP contribution < -0.4 is 4.74 Å². The zero-order valence-corrected chi connectivity index (χ0v) is 7.66. The number of hydrogen-bond acceptors (Lipinski definition) is 3. The first kappa shape index (κ1) is 9.86. The number of aliphatic hydroxyl groups excluding tert-OH is 1. The quantitative estimate of drug-likeness (QED) is 0.738. The standard InChI is InChI=1S/C10H14O3/c1-2-13-10-5-3-4-9(12)8(10)6-7-11/h3-5,11-12H,2,6-7H2,1H3. The van der Waals surface area contributed by atoms with Crippen molar-refractivity contribution in [2.75, 3.05) is 13.2 Å². The molecular formula is C10H14O3. The van der Waals surface area contributed by atoms with Crippen molar-refractivity contribution >= 4 is 0 Å². The van der Waals surface area contributed by atoms with Crippen molar-refractivity contribution in [3.8, 4) is 11.5 Å². The third-order valence-corrected chi connectivity index (χ3v) is 1.77. The van der Waals surface area contributed by atoms with Gasteiger partial charge in [-0.3, -0.25) is 0 Å². The van der Waals surface area contributed by atoms with E-state index in [0.717, 1.165) is 0 Å². The molecule has 0 spiro atoms. The molecule has 0 saturated carbocycles. The van der Waals surface area contributed by atoms with Gasteiger partial charge in [0.1, 0.15) is 11.5 Å². The molecule has 3 heteroatoms.